The van der Waals surface area contributed by atoms with E-state index in [0.717, 1.165) is 19.2 Å². The van der Waals surface area contributed by atoms with E-state index in [0.29, 0.717) is 6.07 Å². The summed E-state index contributed by atoms with van der Waals surface area (Å²) in [6, 6.07) is 4.93. The van der Waals surface area contributed by atoms with Gasteiger partial charge >= 0.3 is 12.1 Å². The molecule has 1 radical (unpaired) electrons. The summed E-state index contributed by atoms with van der Waals surface area (Å²) in [6.45, 7) is 0. The highest BCUT2D eigenvalue weighted by Crippen LogP contribution is 2.29. The minimum absolute atomic E-state index is 0.234. The zero-order valence-corrected chi connectivity index (χ0v) is 7.18. The van der Waals surface area contributed by atoms with Gasteiger partial charge in [-0.1, -0.05) is 6.07 Å². The van der Waals surface area contributed by atoms with Crippen molar-refractivity contribution in [3.63, 3.8) is 0 Å². The van der Waals surface area contributed by atoms with Crippen LogP contribution in [0.5, 0.6) is 0 Å². The van der Waals surface area contributed by atoms with Gasteiger partial charge in [-0.15, -0.1) is 0 Å². The smallest absolute Gasteiger partial charge is 0.416 e. The zero-order chi connectivity index (χ0) is 10.8. The van der Waals surface area contributed by atoms with Crippen LogP contribution in [-0.4, -0.2) is 13.1 Å². The van der Waals surface area contributed by atoms with Gasteiger partial charge in [-0.05, 0) is 18.2 Å². The number of alkyl halides is 3. The number of benzene rings is 1. The summed E-state index contributed by atoms with van der Waals surface area (Å²) in [5, 5.41) is 0. The Morgan fingerprint density at radius 1 is 1.50 bits per heavy atom. The summed E-state index contributed by atoms with van der Waals surface area (Å²) in [5.74, 6) is -0.837. The molecule has 0 fully saturated rings. The normalized spacial score (nSPS) is 11.1. The topological polar surface area (TPSA) is 26.3 Å². The number of carbonyl (C=O) groups excluding carboxylic acids is 1. The summed E-state index contributed by atoms with van der Waals surface area (Å²) in [6.07, 6.45) is -4.46. The molecule has 0 aliphatic rings. The number of rotatable bonds is 1. The van der Waals surface area contributed by atoms with E-state index in [1.54, 1.807) is 0 Å². The average Bonchev–Trinajstić information content (AvgIpc) is 2.15. The molecule has 0 N–H and O–H groups in total. The predicted octanol–water partition coefficient (Wildman–Crippen LogP) is 2.29. The fraction of sp³-hybridized carbons (Fsp3) is 0.222. The zero-order valence-electron chi connectivity index (χ0n) is 7.18. The van der Waals surface area contributed by atoms with E-state index in [1.807, 2.05) is 0 Å². The van der Waals surface area contributed by atoms with Crippen LogP contribution in [0.15, 0.2) is 18.2 Å². The third-order valence-corrected chi connectivity index (χ3v) is 1.53. The number of ether oxygens (including phenoxy) is 1. The molecule has 0 saturated carbocycles. The Morgan fingerprint density at radius 3 is 2.64 bits per heavy atom. The molecule has 0 aliphatic heterocycles. The van der Waals surface area contributed by atoms with Gasteiger partial charge in [-0.2, -0.15) is 13.2 Å². The van der Waals surface area contributed by atoms with Gasteiger partial charge in [-0.3, -0.25) is 0 Å². The van der Waals surface area contributed by atoms with Crippen LogP contribution in [0.3, 0.4) is 0 Å². The first kappa shape index (κ1) is 10.6. The standard InChI is InChI=1S/C9H6F3O2/c1-14-8(13)6-3-2-4-7(5-6)9(10,11)12/h2,4-5H,1H3. The van der Waals surface area contributed by atoms with E-state index in [4.69, 9.17) is 0 Å². The second-order valence-electron chi connectivity index (χ2n) is 2.48. The Hall–Kier alpha value is -1.52. The van der Waals surface area contributed by atoms with Crippen molar-refractivity contribution in [2.75, 3.05) is 7.11 Å². The van der Waals surface area contributed by atoms with Gasteiger partial charge in [0.1, 0.15) is 0 Å². The van der Waals surface area contributed by atoms with Crippen molar-refractivity contribution in [1.29, 1.82) is 0 Å². The summed E-state index contributed by atoms with van der Waals surface area (Å²) < 4.78 is 40.8. The molecule has 75 valence electrons. The number of methoxy groups -OCH3 is 1. The number of carbonyl (C=O) groups is 1. The second-order valence-corrected chi connectivity index (χ2v) is 2.48. The highest BCUT2D eigenvalue weighted by Gasteiger charge is 2.30. The fourth-order valence-corrected chi connectivity index (χ4v) is 0.871. The molecular formula is C9H6F3O2. The molecule has 1 rings (SSSR count). The van der Waals surface area contributed by atoms with Gasteiger partial charge in [0, 0.05) is 0 Å². The van der Waals surface area contributed by atoms with Gasteiger partial charge in [0.2, 0.25) is 0 Å². The van der Waals surface area contributed by atoms with Crippen LogP contribution in [0.4, 0.5) is 13.2 Å². The molecule has 0 atom stereocenters. The van der Waals surface area contributed by atoms with Crippen molar-refractivity contribution in [1.82, 2.24) is 0 Å². The molecule has 5 heteroatoms. The van der Waals surface area contributed by atoms with E-state index in [-0.39, 0.29) is 5.56 Å². The number of halogens is 3. The lowest BCUT2D eigenvalue weighted by Gasteiger charge is -2.06. The first-order valence-corrected chi connectivity index (χ1v) is 3.62. The lowest BCUT2D eigenvalue weighted by atomic mass is 10.1. The lowest BCUT2D eigenvalue weighted by molar-refractivity contribution is -0.137. The third kappa shape index (κ3) is 2.25. The Labute approximate surface area is 78.3 Å². The molecule has 0 heterocycles. The van der Waals surface area contributed by atoms with E-state index in [9.17, 15) is 18.0 Å². The molecule has 0 aromatic heterocycles. The van der Waals surface area contributed by atoms with Crippen molar-refractivity contribution in [2.24, 2.45) is 0 Å². The van der Waals surface area contributed by atoms with Crippen LogP contribution in [-0.2, 0) is 10.9 Å². The summed E-state index contributed by atoms with van der Waals surface area (Å²) >= 11 is 0. The molecule has 0 unspecified atom stereocenters. The van der Waals surface area contributed by atoms with E-state index in [1.165, 1.54) is 0 Å². The van der Waals surface area contributed by atoms with Crippen molar-refractivity contribution < 1.29 is 22.7 Å². The molecule has 14 heavy (non-hydrogen) atoms. The molecular weight excluding hydrogens is 197 g/mol. The van der Waals surface area contributed by atoms with Gasteiger partial charge in [0.25, 0.3) is 0 Å². The van der Waals surface area contributed by atoms with E-state index < -0.39 is 17.7 Å². The SMILES string of the molecule is COC(=O)c1[c]ccc(C(F)(F)F)c1. The minimum atomic E-state index is -4.46. The Bertz CT molecular complexity index is 344. The van der Waals surface area contributed by atoms with Crippen LogP contribution in [0.25, 0.3) is 0 Å². The number of hydrogen-bond donors (Lipinski definition) is 0. The van der Waals surface area contributed by atoms with Crippen LogP contribution < -0.4 is 0 Å². The van der Waals surface area contributed by atoms with Crippen molar-refractivity contribution in [2.45, 2.75) is 6.18 Å². The maximum atomic E-state index is 12.2. The van der Waals surface area contributed by atoms with E-state index >= 15 is 0 Å². The molecule has 2 nitrogen and oxygen atoms in total. The highest BCUT2D eigenvalue weighted by atomic mass is 19.4. The lowest BCUT2D eigenvalue weighted by Crippen LogP contribution is -2.08. The summed E-state index contributed by atoms with van der Waals surface area (Å²) in [7, 11) is 1.09. The Morgan fingerprint density at radius 2 is 2.14 bits per heavy atom. The maximum Gasteiger partial charge on any atom is 0.416 e. The third-order valence-electron chi connectivity index (χ3n) is 1.53. The Balaban J connectivity index is 3.08. The van der Waals surface area contributed by atoms with Gasteiger partial charge < -0.3 is 4.74 Å². The van der Waals surface area contributed by atoms with Crippen LogP contribution >= 0.6 is 0 Å². The molecule has 0 aliphatic carbocycles. The van der Waals surface area contributed by atoms with Crippen molar-refractivity contribution in [3.8, 4) is 0 Å². The second kappa shape index (κ2) is 3.69. The van der Waals surface area contributed by atoms with Gasteiger partial charge in [-0.25, -0.2) is 4.79 Å². The van der Waals surface area contributed by atoms with Crippen molar-refractivity contribution in [3.05, 3.63) is 35.4 Å². The monoisotopic (exact) mass is 203 g/mol. The predicted molar refractivity (Wildman–Crippen MR) is 41.6 cm³/mol. The number of hydrogen-bond acceptors (Lipinski definition) is 2. The maximum absolute atomic E-state index is 12.2. The summed E-state index contributed by atoms with van der Waals surface area (Å²) in [5.41, 5.74) is -1.13. The summed E-state index contributed by atoms with van der Waals surface area (Å²) in [4.78, 5) is 10.9. The first-order chi connectivity index (χ1) is 6.45. The largest absolute Gasteiger partial charge is 0.465 e. The van der Waals surface area contributed by atoms with Gasteiger partial charge in [0.15, 0.2) is 0 Å². The molecule has 1 aromatic rings. The average molecular weight is 203 g/mol. The first-order valence-electron chi connectivity index (χ1n) is 3.62. The van der Waals surface area contributed by atoms with Crippen LogP contribution in [0.2, 0.25) is 0 Å². The minimum Gasteiger partial charge on any atom is -0.465 e. The molecule has 0 spiro atoms. The molecule has 0 bridgehead atoms. The van der Waals surface area contributed by atoms with E-state index in [2.05, 4.69) is 10.8 Å². The fourth-order valence-electron chi connectivity index (χ4n) is 0.871. The van der Waals surface area contributed by atoms with Crippen molar-refractivity contribution >= 4 is 5.97 Å². The highest BCUT2D eigenvalue weighted by molar-refractivity contribution is 5.89. The van der Waals surface area contributed by atoms with Gasteiger partial charge in [0.05, 0.1) is 18.2 Å². The van der Waals surface area contributed by atoms with Crippen LogP contribution in [0, 0.1) is 6.07 Å². The Kier molecular flexibility index (Phi) is 2.78. The molecule has 0 amide bonds. The number of esters is 1. The van der Waals surface area contributed by atoms with Crippen LogP contribution in [0.1, 0.15) is 15.9 Å². The molecule has 0 saturated heterocycles. The molecule has 1 aromatic carbocycles. The quantitative estimate of drug-likeness (QED) is 0.654.